The first-order valence-corrected chi connectivity index (χ1v) is 16.8. The van der Waals surface area contributed by atoms with Gasteiger partial charge in [0.1, 0.15) is 10.1 Å². The second kappa shape index (κ2) is 12.7. The maximum atomic E-state index is 12.3. The number of benzene rings is 1. The third-order valence-corrected chi connectivity index (χ3v) is 13.9. The van der Waals surface area contributed by atoms with Crippen molar-refractivity contribution in [3.63, 3.8) is 0 Å². The highest BCUT2D eigenvalue weighted by Gasteiger charge is 2.48. The Kier molecular flexibility index (Phi) is 10.8. The lowest BCUT2D eigenvalue weighted by molar-refractivity contribution is -0.384. The van der Waals surface area contributed by atoms with E-state index in [0.29, 0.717) is 14.8 Å². The summed E-state index contributed by atoms with van der Waals surface area (Å²) in [4.78, 5) is 34.6. The van der Waals surface area contributed by atoms with Crippen molar-refractivity contribution in [2.45, 2.75) is 76.9 Å². The largest absolute Gasteiger partial charge is 0.445 e. The van der Waals surface area contributed by atoms with E-state index in [1.165, 1.54) is 35.7 Å². The summed E-state index contributed by atoms with van der Waals surface area (Å²) < 4.78 is 12.3. The molecule has 1 aliphatic heterocycles. The van der Waals surface area contributed by atoms with Crippen molar-refractivity contribution in [2.24, 2.45) is 5.92 Å². The zero-order valence-electron chi connectivity index (χ0n) is 21.7. The molecule has 0 bridgehead atoms. The van der Waals surface area contributed by atoms with Crippen LogP contribution in [-0.4, -0.2) is 52.0 Å². The van der Waals surface area contributed by atoms with Crippen LogP contribution in [0.5, 0.6) is 0 Å². The molecule has 1 fully saturated rings. The Morgan fingerprint density at radius 3 is 2.42 bits per heavy atom. The zero-order valence-corrected chi connectivity index (χ0v) is 25.1. The van der Waals surface area contributed by atoms with Crippen molar-refractivity contribution in [3.8, 4) is 0 Å². The molecule has 2 rings (SSSR count). The van der Waals surface area contributed by atoms with E-state index in [0.717, 1.165) is 0 Å². The van der Waals surface area contributed by atoms with Crippen molar-refractivity contribution in [1.29, 1.82) is 0 Å². The Morgan fingerprint density at radius 1 is 1.28 bits per heavy atom. The first-order chi connectivity index (χ1) is 16.6. The number of β-lactam (4-membered cyclic amide) rings is 1. The molecule has 2 amide bonds. The van der Waals surface area contributed by atoms with E-state index in [1.807, 2.05) is 13.8 Å². The van der Waals surface area contributed by atoms with E-state index in [4.69, 9.17) is 21.4 Å². The van der Waals surface area contributed by atoms with Crippen LogP contribution in [0.3, 0.4) is 0 Å². The number of non-ortho nitro benzene ring substituents is 1. The number of hydrogen-bond acceptors (Lipinski definition) is 9. The SMILES string of the molecule is CC(CSC(=S)S[C@H]1NC(=O)[C@@H]1[C@@H](C)O[Si](C)(C)C(C)(C)C)NC(=O)OCc1ccc([N+](=O)[O-])cc1. The lowest BCUT2D eigenvalue weighted by atomic mass is 9.96. The van der Waals surface area contributed by atoms with Gasteiger partial charge in [0.15, 0.2) is 8.32 Å². The van der Waals surface area contributed by atoms with Crippen LogP contribution < -0.4 is 10.6 Å². The summed E-state index contributed by atoms with van der Waals surface area (Å²) in [5, 5.41) is 16.3. The number of amides is 2. The molecule has 36 heavy (non-hydrogen) atoms. The van der Waals surface area contributed by atoms with Gasteiger partial charge in [-0.05, 0) is 49.7 Å². The smallest absolute Gasteiger partial charge is 0.407 e. The van der Waals surface area contributed by atoms with Crippen molar-refractivity contribution in [1.82, 2.24) is 10.6 Å². The molecule has 1 unspecified atom stereocenters. The highest BCUT2D eigenvalue weighted by Crippen LogP contribution is 2.40. The van der Waals surface area contributed by atoms with Gasteiger partial charge < -0.3 is 19.8 Å². The van der Waals surface area contributed by atoms with Gasteiger partial charge >= 0.3 is 6.09 Å². The Hall–Kier alpha value is -1.67. The van der Waals surface area contributed by atoms with Crippen molar-refractivity contribution in [3.05, 3.63) is 39.9 Å². The Morgan fingerprint density at radius 2 is 1.89 bits per heavy atom. The van der Waals surface area contributed by atoms with Gasteiger partial charge in [0.05, 0.1) is 22.3 Å². The molecule has 0 saturated carbocycles. The standard InChI is InChI=1S/C23H35N3O6S3Si/c1-14(24-21(28)31-12-16-8-10-17(11-9-16)26(29)30)13-34-22(33)35-20-18(19(27)25-20)15(2)32-36(6,7)23(3,4)5/h8-11,14-15,18,20H,12-13H2,1-7H3,(H,24,28)(H,25,27)/t14?,15-,18+,20-/m1/s1. The lowest BCUT2D eigenvalue weighted by Crippen LogP contribution is -2.62. The summed E-state index contributed by atoms with van der Waals surface area (Å²) in [7, 11) is -2.00. The number of alkyl carbamates (subject to hydrolysis) is 1. The minimum Gasteiger partial charge on any atom is -0.445 e. The second-order valence-corrected chi connectivity index (χ2v) is 18.4. The van der Waals surface area contributed by atoms with Crippen LogP contribution in [0.25, 0.3) is 0 Å². The van der Waals surface area contributed by atoms with E-state index in [2.05, 4.69) is 44.5 Å². The van der Waals surface area contributed by atoms with Gasteiger partial charge in [-0.3, -0.25) is 14.9 Å². The number of nitro groups is 1. The third-order valence-electron chi connectivity index (χ3n) is 6.26. The summed E-state index contributed by atoms with van der Waals surface area (Å²) in [6.07, 6.45) is -0.779. The number of nitro benzene ring substituents is 1. The van der Waals surface area contributed by atoms with Crippen LogP contribution in [0.15, 0.2) is 24.3 Å². The monoisotopic (exact) mass is 573 g/mol. The molecule has 0 aliphatic carbocycles. The van der Waals surface area contributed by atoms with E-state index in [-0.39, 0.29) is 46.7 Å². The molecular formula is C23H35N3O6S3Si. The van der Waals surface area contributed by atoms with E-state index >= 15 is 0 Å². The van der Waals surface area contributed by atoms with Crippen LogP contribution in [0.4, 0.5) is 10.5 Å². The maximum Gasteiger partial charge on any atom is 0.407 e. The quantitative estimate of drug-likeness (QED) is 0.124. The van der Waals surface area contributed by atoms with Gasteiger partial charge in [0, 0.05) is 23.9 Å². The van der Waals surface area contributed by atoms with Crippen LogP contribution in [0.2, 0.25) is 18.1 Å². The van der Waals surface area contributed by atoms with Crippen LogP contribution >= 0.6 is 35.7 Å². The molecule has 2 N–H and O–H groups in total. The Labute approximate surface area is 227 Å². The summed E-state index contributed by atoms with van der Waals surface area (Å²) in [6.45, 7) is 14.7. The van der Waals surface area contributed by atoms with E-state index < -0.39 is 19.3 Å². The van der Waals surface area contributed by atoms with Crippen LogP contribution in [0, 0.1) is 16.0 Å². The number of ether oxygens (including phenoxy) is 1. The van der Waals surface area contributed by atoms with Gasteiger partial charge in [-0.2, -0.15) is 0 Å². The number of hydrogen-bond donors (Lipinski definition) is 2. The number of carbonyl (C=O) groups is 2. The van der Waals surface area contributed by atoms with Crippen molar-refractivity contribution in [2.75, 3.05) is 5.75 Å². The third kappa shape index (κ3) is 8.72. The summed E-state index contributed by atoms with van der Waals surface area (Å²) in [6, 6.07) is 5.62. The molecule has 13 heteroatoms. The fourth-order valence-corrected chi connectivity index (χ4v) is 7.20. The minimum atomic E-state index is -2.00. The molecule has 4 atom stereocenters. The second-order valence-electron chi connectivity index (χ2n) is 10.3. The average molecular weight is 574 g/mol. The number of nitrogens with one attached hydrogen (secondary N) is 2. The predicted octanol–water partition coefficient (Wildman–Crippen LogP) is 5.44. The normalized spacial score (nSPS) is 19.5. The molecule has 1 saturated heterocycles. The molecule has 1 heterocycles. The summed E-state index contributed by atoms with van der Waals surface area (Å²) in [5.74, 6) is 0.268. The fraction of sp³-hybridized carbons (Fsp3) is 0.609. The van der Waals surface area contributed by atoms with Crippen molar-refractivity contribution >= 4 is 65.3 Å². The van der Waals surface area contributed by atoms with Gasteiger partial charge in [-0.15, -0.1) is 11.8 Å². The summed E-state index contributed by atoms with van der Waals surface area (Å²) in [5.41, 5.74) is 0.632. The molecule has 1 aliphatic rings. The first-order valence-electron chi connectivity index (χ1n) is 11.6. The molecule has 1 aromatic rings. The van der Waals surface area contributed by atoms with Gasteiger partial charge in [-0.1, -0.05) is 44.8 Å². The average Bonchev–Trinajstić information content (AvgIpc) is 2.74. The number of rotatable bonds is 10. The zero-order chi connectivity index (χ0) is 27.3. The summed E-state index contributed by atoms with van der Waals surface area (Å²) >= 11 is 8.37. The number of thioether (sulfide) groups is 2. The molecule has 0 spiro atoms. The first kappa shape index (κ1) is 30.6. The molecule has 200 valence electrons. The molecule has 0 radical (unpaired) electrons. The number of carbonyl (C=O) groups excluding carboxylic acids is 2. The van der Waals surface area contributed by atoms with E-state index in [9.17, 15) is 19.7 Å². The Balaban J connectivity index is 1.73. The fourth-order valence-electron chi connectivity index (χ4n) is 3.12. The highest BCUT2D eigenvalue weighted by molar-refractivity contribution is 8.47. The molecule has 9 nitrogen and oxygen atoms in total. The van der Waals surface area contributed by atoms with Crippen molar-refractivity contribution < 1.29 is 23.7 Å². The maximum absolute atomic E-state index is 12.3. The molecule has 0 aromatic heterocycles. The van der Waals surface area contributed by atoms with Crippen LogP contribution in [0.1, 0.15) is 40.2 Å². The van der Waals surface area contributed by atoms with E-state index in [1.54, 1.807) is 12.1 Å². The topological polar surface area (TPSA) is 120 Å². The lowest BCUT2D eigenvalue weighted by Gasteiger charge is -2.45. The molecular weight excluding hydrogens is 539 g/mol. The van der Waals surface area contributed by atoms with Gasteiger partial charge in [0.2, 0.25) is 5.91 Å². The van der Waals surface area contributed by atoms with Gasteiger partial charge in [-0.25, -0.2) is 4.79 Å². The Bertz CT molecular complexity index is 971. The predicted molar refractivity (Wildman–Crippen MR) is 152 cm³/mol. The number of thiocarbonyl (C=S) groups is 1. The highest BCUT2D eigenvalue weighted by atomic mass is 32.2. The van der Waals surface area contributed by atoms with Gasteiger partial charge in [0.25, 0.3) is 5.69 Å². The van der Waals surface area contributed by atoms with Crippen LogP contribution in [-0.2, 0) is 20.6 Å². The molecule has 1 aromatic carbocycles. The minimum absolute atomic E-state index is 0.00977. The number of nitrogens with zero attached hydrogens (tertiary/aromatic N) is 1.